The number of aliphatic carboxylic acids is 1. The summed E-state index contributed by atoms with van der Waals surface area (Å²) in [5, 5.41) is 12.0. The first-order chi connectivity index (χ1) is 13.0. The number of rotatable bonds is 7. The number of carboxylic acids is 1. The Morgan fingerprint density at radius 3 is 2.70 bits per heavy atom. The molecule has 27 heavy (non-hydrogen) atoms. The first-order valence-electron chi connectivity index (χ1n) is 9.29. The molecule has 0 unspecified atom stereocenters. The number of hydrogen-bond acceptors (Lipinski definition) is 3. The van der Waals surface area contributed by atoms with Crippen LogP contribution in [-0.2, 0) is 22.6 Å². The largest absolute Gasteiger partial charge is 0.489 e. The van der Waals surface area contributed by atoms with Gasteiger partial charge in [-0.1, -0.05) is 36.4 Å². The van der Waals surface area contributed by atoms with Gasteiger partial charge in [0, 0.05) is 6.04 Å². The molecule has 3 rings (SSSR count). The van der Waals surface area contributed by atoms with E-state index >= 15 is 0 Å². The van der Waals surface area contributed by atoms with Gasteiger partial charge in [0.05, 0.1) is 12.3 Å². The average molecular weight is 367 g/mol. The van der Waals surface area contributed by atoms with E-state index in [-0.39, 0.29) is 24.3 Å². The minimum atomic E-state index is -0.773. The van der Waals surface area contributed by atoms with Crippen molar-refractivity contribution < 1.29 is 19.4 Å². The van der Waals surface area contributed by atoms with E-state index in [9.17, 15) is 9.59 Å². The van der Waals surface area contributed by atoms with E-state index in [0.717, 1.165) is 23.3 Å². The second kappa shape index (κ2) is 8.71. The smallest absolute Gasteiger partial charge is 0.306 e. The molecule has 2 aromatic rings. The van der Waals surface area contributed by atoms with Crippen LogP contribution in [0.3, 0.4) is 0 Å². The minimum absolute atomic E-state index is 0.0425. The highest BCUT2D eigenvalue weighted by atomic mass is 16.5. The number of carbonyl (C=O) groups excluding carboxylic acids is 1. The average Bonchev–Trinajstić information content (AvgIpc) is 3.10. The number of ether oxygens (including phenoxy) is 1. The van der Waals surface area contributed by atoms with Crippen molar-refractivity contribution in [3.63, 3.8) is 0 Å². The predicted octanol–water partition coefficient (Wildman–Crippen LogP) is 3.49. The van der Waals surface area contributed by atoms with Crippen LogP contribution in [0.2, 0.25) is 0 Å². The van der Waals surface area contributed by atoms with Crippen LogP contribution in [0.15, 0.2) is 48.5 Å². The van der Waals surface area contributed by atoms with Crippen molar-refractivity contribution >= 4 is 11.9 Å². The number of hydrogen-bond donors (Lipinski definition) is 2. The van der Waals surface area contributed by atoms with Gasteiger partial charge in [0.2, 0.25) is 5.91 Å². The number of amides is 1. The molecule has 0 heterocycles. The minimum Gasteiger partial charge on any atom is -0.489 e. The van der Waals surface area contributed by atoms with Crippen LogP contribution in [-0.4, -0.2) is 23.0 Å². The van der Waals surface area contributed by atoms with E-state index in [4.69, 9.17) is 9.84 Å². The molecule has 0 aliphatic heterocycles. The number of carboxylic acid groups (broad SMARTS) is 1. The Balaban J connectivity index is 1.52. The zero-order valence-corrected chi connectivity index (χ0v) is 15.5. The van der Waals surface area contributed by atoms with Crippen molar-refractivity contribution in [3.05, 3.63) is 65.2 Å². The van der Waals surface area contributed by atoms with Crippen molar-refractivity contribution in [2.24, 2.45) is 5.92 Å². The number of nitrogens with one attached hydrogen (secondary N) is 1. The van der Waals surface area contributed by atoms with Gasteiger partial charge in [0.25, 0.3) is 0 Å². The third-order valence-corrected chi connectivity index (χ3v) is 5.07. The monoisotopic (exact) mass is 367 g/mol. The van der Waals surface area contributed by atoms with Gasteiger partial charge in [-0.2, -0.15) is 0 Å². The van der Waals surface area contributed by atoms with Gasteiger partial charge in [-0.3, -0.25) is 9.59 Å². The Morgan fingerprint density at radius 1 is 1.15 bits per heavy atom. The predicted molar refractivity (Wildman–Crippen MR) is 103 cm³/mol. The Bertz CT molecular complexity index is 817. The fourth-order valence-electron chi connectivity index (χ4n) is 3.48. The second-order valence-electron chi connectivity index (χ2n) is 7.15. The van der Waals surface area contributed by atoms with Crippen LogP contribution in [0.5, 0.6) is 5.75 Å². The zero-order valence-electron chi connectivity index (χ0n) is 15.5. The van der Waals surface area contributed by atoms with Gasteiger partial charge in [-0.05, 0) is 55.0 Å². The van der Waals surface area contributed by atoms with Crippen molar-refractivity contribution in [2.75, 3.05) is 0 Å². The Labute approximate surface area is 159 Å². The van der Waals surface area contributed by atoms with Gasteiger partial charge in [0.1, 0.15) is 12.4 Å². The molecule has 5 nitrogen and oxygen atoms in total. The molecule has 0 aromatic heterocycles. The molecule has 2 N–H and O–H groups in total. The third kappa shape index (κ3) is 5.33. The summed E-state index contributed by atoms with van der Waals surface area (Å²) in [6.07, 6.45) is 2.13. The van der Waals surface area contributed by atoms with E-state index < -0.39 is 5.97 Å². The van der Waals surface area contributed by atoms with E-state index in [1.807, 2.05) is 42.5 Å². The lowest BCUT2D eigenvalue weighted by molar-refractivity contribution is -0.141. The molecule has 0 saturated heterocycles. The molecule has 142 valence electrons. The first kappa shape index (κ1) is 19.0. The van der Waals surface area contributed by atoms with Crippen LogP contribution in [0.25, 0.3) is 0 Å². The van der Waals surface area contributed by atoms with E-state index in [1.165, 1.54) is 5.56 Å². The Kier molecular flexibility index (Phi) is 6.12. The van der Waals surface area contributed by atoms with Gasteiger partial charge in [-0.15, -0.1) is 0 Å². The summed E-state index contributed by atoms with van der Waals surface area (Å²) in [5.41, 5.74) is 3.20. The van der Waals surface area contributed by atoms with Crippen LogP contribution < -0.4 is 10.1 Å². The van der Waals surface area contributed by atoms with Crippen molar-refractivity contribution in [1.82, 2.24) is 5.32 Å². The highest BCUT2D eigenvalue weighted by molar-refractivity contribution is 5.79. The maximum absolute atomic E-state index is 12.3. The maximum Gasteiger partial charge on any atom is 0.306 e. The molecule has 1 aliphatic rings. The van der Waals surface area contributed by atoms with Crippen LogP contribution >= 0.6 is 0 Å². The summed E-state index contributed by atoms with van der Waals surface area (Å²) in [6.45, 7) is 2.54. The highest BCUT2D eigenvalue weighted by Crippen LogP contribution is 2.25. The molecule has 1 fully saturated rings. The zero-order chi connectivity index (χ0) is 19.2. The molecule has 2 aromatic carbocycles. The fourth-order valence-corrected chi connectivity index (χ4v) is 3.48. The molecule has 0 bridgehead atoms. The molecule has 2 atom stereocenters. The number of carbonyl (C=O) groups is 2. The Morgan fingerprint density at radius 2 is 1.96 bits per heavy atom. The Hall–Kier alpha value is -2.82. The van der Waals surface area contributed by atoms with Crippen LogP contribution in [0, 0.1) is 12.8 Å². The molecule has 1 saturated carbocycles. The van der Waals surface area contributed by atoms with Crippen molar-refractivity contribution in [1.29, 1.82) is 0 Å². The molecule has 0 spiro atoms. The van der Waals surface area contributed by atoms with Crippen LogP contribution in [0.4, 0.5) is 0 Å². The fraction of sp³-hybridized carbons (Fsp3) is 0.364. The summed E-state index contributed by atoms with van der Waals surface area (Å²) in [5.74, 6) is -0.462. The van der Waals surface area contributed by atoms with Crippen molar-refractivity contribution in [3.8, 4) is 5.75 Å². The SMILES string of the molecule is Cc1ccccc1COc1cccc(CC(=O)N[C@@H]2CC[C@H](C(=O)O)C2)c1. The molecular weight excluding hydrogens is 342 g/mol. The molecular formula is C22H25NO4. The van der Waals surface area contributed by atoms with Crippen molar-refractivity contribution in [2.45, 2.75) is 45.3 Å². The summed E-state index contributed by atoms with van der Waals surface area (Å²) in [7, 11) is 0. The van der Waals surface area contributed by atoms with Gasteiger partial charge in [0.15, 0.2) is 0 Å². The summed E-state index contributed by atoms with van der Waals surface area (Å²) < 4.78 is 5.87. The summed E-state index contributed by atoms with van der Waals surface area (Å²) in [6, 6.07) is 15.6. The molecule has 5 heteroatoms. The van der Waals surface area contributed by atoms with Gasteiger partial charge < -0.3 is 15.2 Å². The first-order valence-corrected chi connectivity index (χ1v) is 9.29. The third-order valence-electron chi connectivity index (χ3n) is 5.07. The lowest BCUT2D eigenvalue weighted by Crippen LogP contribution is -2.34. The second-order valence-corrected chi connectivity index (χ2v) is 7.15. The van der Waals surface area contributed by atoms with E-state index in [0.29, 0.717) is 19.4 Å². The van der Waals surface area contributed by atoms with Crippen LogP contribution in [0.1, 0.15) is 36.0 Å². The number of benzene rings is 2. The summed E-state index contributed by atoms with van der Waals surface area (Å²) in [4.78, 5) is 23.3. The standard InChI is InChI=1S/C22H25NO4/c1-15-5-2-3-7-18(15)14-27-20-8-4-6-16(11-20)12-21(24)23-19-10-9-17(13-19)22(25)26/h2-8,11,17,19H,9-10,12-14H2,1H3,(H,23,24)(H,25,26)/t17-,19+/m0/s1. The lowest BCUT2D eigenvalue weighted by Gasteiger charge is -2.13. The lowest BCUT2D eigenvalue weighted by atomic mass is 10.1. The maximum atomic E-state index is 12.3. The quantitative estimate of drug-likeness (QED) is 0.785. The van der Waals surface area contributed by atoms with E-state index in [1.54, 1.807) is 0 Å². The topological polar surface area (TPSA) is 75.6 Å². The highest BCUT2D eigenvalue weighted by Gasteiger charge is 2.30. The summed E-state index contributed by atoms with van der Waals surface area (Å²) >= 11 is 0. The van der Waals surface area contributed by atoms with Gasteiger partial charge in [-0.25, -0.2) is 0 Å². The molecule has 1 aliphatic carbocycles. The molecule has 0 radical (unpaired) electrons. The van der Waals surface area contributed by atoms with Gasteiger partial charge >= 0.3 is 5.97 Å². The van der Waals surface area contributed by atoms with E-state index in [2.05, 4.69) is 18.3 Å². The normalized spacial score (nSPS) is 18.9. The molecule has 1 amide bonds. The number of aryl methyl sites for hydroxylation is 1.